The summed E-state index contributed by atoms with van der Waals surface area (Å²) in [5.74, 6) is 0. The summed E-state index contributed by atoms with van der Waals surface area (Å²) in [6.45, 7) is 1.87. The molecule has 1 aliphatic rings. The average Bonchev–Trinajstić information content (AvgIpc) is 3.25. The first-order valence-corrected chi connectivity index (χ1v) is 11.2. The number of pyridine rings is 1. The third-order valence-corrected chi connectivity index (χ3v) is 7.58. The van der Waals surface area contributed by atoms with Crippen LogP contribution in [0.5, 0.6) is 0 Å². The lowest BCUT2D eigenvalue weighted by Gasteiger charge is -2.34. The first-order chi connectivity index (χ1) is 12.5. The van der Waals surface area contributed by atoms with E-state index in [2.05, 4.69) is 10.1 Å². The quantitative estimate of drug-likeness (QED) is 0.678. The molecule has 138 valence electrons. The lowest BCUT2D eigenvalue weighted by Crippen LogP contribution is -2.41. The van der Waals surface area contributed by atoms with Gasteiger partial charge >= 0.3 is 0 Å². The number of aryl methyl sites for hydroxylation is 2. The van der Waals surface area contributed by atoms with Gasteiger partial charge in [0.15, 0.2) is 5.65 Å². The minimum absolute atomic E-state index is 0.00837. The number of thiophene rings is 1. The molecule has 3 aromatic heterocycles. The molecule has 0 amide bonds. The second kappa shape index (κ2) is 6.66. The zero-order chi connectivity index (χ0) is 18.3. The molecule has 4 rings (SSSR count). The van der Waals surface area contributed by atoms with Crippen LogP contribution in [-0.2, 0) is 17.1 Å². The van der Waals surface area contributed by atoms with Gasteiger partial charge < -0.3 is 0 Å². The molecule has 0 aromatic carbocycles. The largest absolute Gasteiger partial charge is 0.266 e. The van der Waals surface area contributed by atoms with Crippen molar-refractivity contribution < 1.29 is 8.42 Å². The number of hydrogen-bond donors (Lipinski definition) is 0. The summed E-state index contributed by atoms with van der Waals surface area (Å²) in [6.07, 6.45) is 6.57. The molecule has 3 heterocycles. The van der Waals surface area contributed by atoms with Gasteiger partial charge in [0.05, 0.1) is 11.4 Å². The van der Waals surface area contributed by atoms with Gasteiger partial charge in [-0.25, -0.2) is 13.4 Å². The van der Waals surface area contributed by atoms with Crippen LogP contribution in [0.4, 0.5) is 5.69 Å². The standard InChI is InChI=1S/C18H22N4O2S2/c1-13-17-10-16(11-19-18(17)21(2)20-13)26(23,24)22(15-8-9-25-12-15)14-6-4-3-5-7-14/h8-12,14H,3-7H2,1-2H3. The lowest BCUT2D eigenvalue weighted by molar-refractivity contribution is 0.438. The Kier molecular flexibility index (Phi) is 4.48. The van der Waals surface area contributed by atoms with Gasteiger partial charge in [-0.15, -0.1) is 0 Å². The number of sulfonamides is 1. The summed E-state index contributed by atoms with van der Waals surface area (Å²) in [7, 11) is -1.87. The Hall–Kier alpha value is -1.93. The summed E-state index contributed by atoms with van der Waals surface area (Å²) in [4.78, 5) is 4.61. The molecule has 0 radical (unpaired) electrons. The van der Waals surface area contributed by atoms with Crippen molar-refractivity contribution in [2.24, 2.45) is 7.05 Å². The van der Waals surface area contributed by atoms with E-state index in [0.29, 0.717) is 5.65 Å². The molecule has 0 bridgehead atoms. The van der Waals surface area contributed by atoms with Gasteiger partial charge in [-0.3, -0.25) is 8.99 Å². The molecule has 0 atom stereocenters. The average molecular weight is 391 g/mol. The minimum atomic E-state index is -3.68. The van der Waals surface area contributed by atoms with Crippen LogP contribution >= 0.6 is 11.3 Å². The van der Waals surface area contributed by atoms with Gasteiger partial charge in [-0.1, -0.05) is 19.3 Å². The highest BCUT2D eigenvalue weighted by Crippen LogP contribution is 2.34. The molecule has 3 aromatic rings. The smallest absolute Gasteiger partial charge is 0.262 e. The number of rotatable bonds is 4. The van der Waals surface area contributed by atoms with Crippen LogP contribution < -0.4 is 4.31 Å². The fourth-order valence-electron chi connectivity index (χ4n) is 3.79. The van der Waals surface area contributed by atoms with Crippen LogP contribution in [0.2, 0.25) is 0 Å². The first-order valence-electron chi connectivity index (χ1n) is 8.84. The van der Waals surface area contributed by atoms with Crippen molar-refractivity contribution in [2.75, 3.05) is 4.31 Å². The van der Waals surface area contributed by atoms with E-state index in [-0.39, 0.29) is 10.9 Å². The first kappa shape index (κ1) is 17.5. The highest BCUT2D eigenvalue weighted by Gasteiger charge is 2.33. The minimum Gasteiger partial charge on any atom is -0.262 e. The second-order valence-electron chi connectivity index (χ2n) is 6.83. The second-order valence-corrected chi connectivity index (χ2v) is 9.42. The molecule has 1 aliphatic carbocycles. The number of fused-ring (bicyclic) bond motifs is 1. The fraction of sp³-hybridized carbons (Fsp3) is 0.444. The van der Waals surface area contributed by atoms with E-state index in [1.54, 1.807) is 15.1 Å². The SMILES string of the molecule is Cc1nn(C)c2ncc(S(=O)(=O)N(c3ccsc3)C3CCCCC3)cc12. The molecule has 0 unspecified atom stereocenters. The molecule has 8 heteroatoms. The van der Waals surface area contributed by atoms with Gasteiger partial charge in [-0.2, -0.15) is 16.4 Å². The fourth-order valence-corrected chi connectivity index (χ4v) is 6.16. The van der Waals surface area contributed by atoms with Crippen molar-refractivity contribution in [2.45, 2.75) is 50.0 Å². The van der Waals surface area contributed by atoms with Gasteiger partial charge in [-0.05, 0) is 37.3 Å². The molecule has 26 heavy (non-hydrogen) atoms. The van der Waals surface area contributed by atoms with Crippen molar-refractivity contribution in [1.29, 1.82) is 0 Å². The number of hydrogen-bond acceptors (Lipinski definition) is 5. The van der Waals surface area contributed by atoms with Crippen LogP contribution in [0.25, 0.3) is 11.0 Å². The third-order valence-electron chi connectivity index (χ3n) is 5.06. The van der Waals surface area contributed by atoms with Crippen LogP contribution in [0.1, 0.15) is 37.8 Å². The van der Waals surface area contributed by atoms with Crippen molar-refractivity contribution >= 4 is 38.1 Å². The molecular formula is C18H22N4O2S2. The molecule has 0 aliphatic heterocycles. The van der Waals surface area contributed by atoms with E-state index >= 15 is 0 Å². The Morgan fingerprint density at radius 3 is 2.73 bits per heavy atom. The topological polar surface area (TPSA) is 68.1 Å². The van der Waals surface area contributed by atoms with E-state index in [9.17, 15) is 8.42 Å². The van der Waals surface area contributed by atoms with Crippen LogP contribution in [-0.4, -0.2) is 29.2 Å². The van der Waals surface area contributed by atoms with Gasteiger partial charge in [0.25, 0.3) is 10.0 Å². The van der Waals surface area contributed by atoms with E-state index in [1.165, 1.54) is 24.0 Å². The molecule has 1 saturated carbocycles. The van der Waals surface area contributed by atoms with Crippen molar-refractivity contribution in [3.63, 3.8) is 0 Å². The normalized spacial score (nSPS) is 16.2. The highest BCUT2D eigenvalue weighted by molar-refractivity contribution is 7.92. The van der Waals surface area contributed by atoms with Crippen LogP contribution in [0.3, 0.4) is 0 Å². The number of aromatic nitrogens is 3. The Bertz CT molecular complexity index is 1020. The van der Waals surface area contributed by atoms with E-state index in [1.807, 2.05) is 30.8 Å². The van der Waals surface area contributed by atoms with Gasteiger partial charge in [0.2, 0.25) is 0 Å². The molecule has 6 nitrogen and oxygen atoms in total. The van der Waals surface area contributed by atoms with E-state index in [0.717, 1.165) is 42.5 Å². The summed E-state index contributed by atoms with van der Waals surface area (Å²) in [5, 5.41) is 8.96. The molecule has 1 fully saturated rings. The summed E-state index contributed by atoms with van der Waals surface area (Å²) in [5.41, 5.74) is 2.23. The molecular weight excluding hydrogens is 368 g/mol. The van der Waals surface area contributed by atoms with Crippen LogP contribution in [0.15, 0.2) is 34.0 Å². The number of anilines is 1. The van der Waals surface area contributed by atoms with Crippen molar-refractivity contribution in [3.05, 3.63) is 34.8 Å². The molecule has 0 saturated heterocycles. The maximum atomic E-state index is 13.6. The molecule has 0 spiro atoms. The maximum absolute atomic E-state index is 13.6. The Morgan fingerprint density at radius 1 is 1.27 bits per heavy atom. The number of nitrogens with zero attached hydrogens (tertiary/aromatic N) is 4. The zero-order valence-electron chi connectivity index (χ0n) is 14.9. The van der Waals surface area contributed by atoms with Gasteiger partial charge in [0.1, 0.15) is 4.90 Å². The molecule has 0 N–H and O–H groups in total. The summed E-state index contributed by atoms with van der Waals surface area (Å²) < 4.78 is 30.4. The predicted molar refractivity (Wildman–Crippen MR) is 104 cm³/mol. The Balaban J connectivity index is 1.82. The Labute approximate surface area is 157 Å². The van der Waals surface area contributed by atoms with Gasteiger partial charge in [0, 0.05) is 30.1 Å². The summed E-state index contributed by atoms with van der Waals surface area (Å²) in [6, 6.07) is 3.61. The lowest BCUT2D eigenvalue weighted by atomic mass is 9.95. The van der Waals surface area contributed by atoms with Crippen LogP contribution in [0, 0.1) is 6.92 Å². The predicted octanol–water partition coefficient (Wildman–Crippen LogP) is 3.87. The monoisotopic (exact) mass is 390 g/mol. The zero-order valence-corrected chi connectivity index (χ0v) is 16.6. The van der Waals surface area contributed by atoms with Crippen molar-refractivity contribution in [1.82, 2.24) is 14.8 Å². The third kappa shape index (κ3) is 2.91. The highest BCUT2D eigenvalue weighted by atomic mass is 32.2. The van der Waals surface area contributed by atoms with Crippen molar-refractivity contribution in [3.8, 4) is 0 Å². The van der Waals surface area contributed by atoms with E-state index in [4.69, 9.17) is 0 Å². The Morgan fingerprint density at radius 2 is 2.04 bits per heavy atom. The summed E-state index contributed by atoms with van der Waals surface area (Å²) >= 11 is 1.52. The van der Waals surface area contributed by atoms with E-state index < -0.39 is 10.0 Å². The maximum Gasteiger partial charge on any atom is 0.266 e.